The van der Waals surface area contributed by atoms with Crippen molar-refractivity contribution in [2.75, 3.05) is 26.2 Å². The summed E-state index contributed by atoms with van der Waals surface area (Å²) in [5, 5.41) is 2.64. The van der Waals surface area contributed by atoms with Crippen LogP contribution in [-0.2, 0) is 10.0 Å². The zero-order chi connectivity index (χ0) is 17.1. The van der Waals surface area contributed by atoms with Gasteiger partial charge in [-0.15, -0.1) is 6.58 Å². The van der Waals surface area contributed by atoms with Crippen molar-refractivity contribution >= 4 is 15.9 Å². The lowest BCUT2D eigenvalue weighted by atomic mass is 9.90. The molecule has 1 fully saturated rings. The van der Waals surface area contributed by atoms with Gasteiger partial charge in [0.25, 0.3) is 5.91 Å². The van der Waals surface area contributed by atoms with Crippen LogP contribution < -0.4 is 11.1 Å². The molecule has 23 heavy (non-hydrogen) atoms. The molecule has 3 N–H and O–H groups in total. The fourth-order valence-corrected chi connectivity index (χ4v) is 4.20. The molecule has 0 radical (unpaired) electrons. The second kappa shape index (κ2) is 6.82. The van der Waals surface area contributed by atoms with E-state index in [1.54, 1.807) is 18.2 Å². The van der Waals surface area contributed by atoms with Gasteiger partial charge in [-0.3, -0.25) is 4.79 Å². The highest BCUT2D eigenvalue weighted by Crippen LogP contribution is 2.32. The van der Waals surface area contributed by atoms with Crippen molar-refractivity contribution in [2.24, 2.45) is 11.1 Å². The van der Waals surface area contributed by atoms with Crippen molar-refractivity contribution < 1.29 is 13.2 Å². The molecule has 7 heteroatoms. The van der Waals surface area contributed by atoms with Gasteiger partial charge in [-0.25, -0.2) is 8.42 Å². The number of carbonyl (C=O) groups is 1. The molecule has 6 nitrogen and oxygen atoms in total. The molecule has 1 amide bonds. The van der Waals surface area contributed by atoms with E-state index in [4.69, 9.17) is 5.73 Å². The van der Waals surface area contributed by atoms with Gasteiger partial charge in [-0.05, 0) is 36.6 Å². The van der Waals surface area contributed by atoms with Gasteiger partial charge >= 0.3 is 0 Å². The molecule has 1 unspecified atom stereocenters. The maximum absolute atomic E-state index is 12.8. The van der Waals surface area contributed by atoms with Gasteiger partial charge in [0.1, 0.15) is 0 Å². The number of nitrogens with two attached hydrogens (primary N) is 1. The molecular weight excluding hydrogens is 314 g/mol. The lowest BCUT2D eigenvalue weighted by molar-refractivity contribution is 0.0958. The van der Waals surface area contributed by atoms with E-state index in [-0.39, 0.29) is 16.2 Å². The predicted octanol–water partition coefficient (Wildman–Crippen LogP) is 0.962. The van der Waals surface area contributed by atoms with Gasteiger partial charge in [0.15, 0.2) is 0 Å². The van der Waals surface area contributed by atoms with Crippen LogP contribution in [0, 0.1) is 5.41 Å². The maximum atomic E-state index is 12.8. The molecule has 1 heterocycles. The topological polar surface area (TPSA) is 92.5 Å². The Balaban J connectivity index is 2.24. The van der Waals surface area contributed by atoms with E-state index in [9.17, 15) is 13.2 Å². The molecule has 0 saturated carbocycles. The normalized spacial score (nSPS) is 22.0. The molecule has 1 aromatic rings. The van der Waals surface area contributed by atoms with Crippen molar-refractivity contribution in [1.29, 1.82) is 0 Å². The van der Waals surface area contributed by atoms with E-state index in [1.807, 2.05) is 6.92 Å². The zero-order valence-electron chi connectivity index (χ0n) is 13.3. The number of rotatable bonds is 6. The van der Waals surface area contributed by atoms with Crippen LogP contribution in [0.25, 0.3) is 0 Å². The van der Waals surface area contributed by atoms with Crippen molar-refractivity contribution in [1.82, 2.24) is 9.62 Å². The summed E-state index contributed by atoms with van der Waals surface area (Å²) in [5.74, 6) is -0.324. The van der Waals surface area contributed by atoms with Crippen LogP contribution in [0.1, 0.15) is 23.7 Å². The standard InChI is InChI=1S/C16H23N3O3S/c1-3-8-18-15(20)13-5-4-6-14(10-13)23(21,22)19-9-7-16(2,11-17)12-19/h3-6,10H,1,7-9,11-12,17H2,2H3,(H,18,20). The van der Waals surface area contributed by atoms with E-state index in [0.717, 1.165) is 6.42 Å². The van der Waals surface area contributed by atoms with Crippen LogP contribution in [-0.4, -0.2) is 44.8 Å². The fraction of sp³-hybridized carbons (Fsp3) is 0.438. The van der Waals surface area contributed by atoms with Crippen LogP contribution in [0.4, 0.5) is 0 Å². The summed E-state index contributed by atoms with van der Waals surface area (Å²) in [4.78, 5) is 12.1. The number of nitrogens with one attached hydrogen (secondary N) is 1. The number of benzene rings is 1. The predicted molar refractivity (Wildman–Crippen MR) is 89.5 cm³/mol. The van der Waals surface area contributed by atoms with E-state index in [2.05, 4.69) is 11.9 Å². The number of sulfonamides is 1. The first-order chi connectivity index (χ1) is 10.8. The number of carbonyl (C=O) groups excluding carboxylic acids is 1. The van der Waals surface area contributed by atoms with E-state index in [0.29, 0.717) is 31.7 Å². The Kier molecular flexibility index (Phi) is 5.23. The first-order valence-electron chi connectivity index (χ1n) is 7.52. The van der Waals surface area contributed by atoms with Gasteiger partial charge in [0.2, 0.25) is 10.0 Å². The Morgan fingerprint density at radius 2 is 2.26 bits per heavy atom. The Morgan fingerprint density at radius 3 is 2.87 bits per heavy atom. The third kappa shape index (κ3) is 3.80. The number of hydrogen-bond acceptors (Lipinski definition) is 4. The van der Waals surface area contributed by atoms with E-state index in [1.165, 1.54) is 16.4 Å². The molecule has 1 saturated heterocycles. The van der Waals surface area contributed by atoms with Crippen LogP contribution >= 0.6 is 0 Å². The van der Waals surface area contributed by atoms with Crippen molar-refractivity contribution in [3.63, 3.8) is 0 Å². The molecule has 0 bridgehead atoms. The summed E-state index contributed by atoms with van der Waals surface area (Å²) in [5.41, 5.74) is 5.87. The Bertz CT molecular complexity index is 702. The third-order valence-electron chi connectivity index (χ3n) is 4.16. The highest BCUT2D eigenvalue weighted by Gasteiger charge is 2.39. The summed E-state index contributed by atoms with van der Waals surface area (Å²) < 4.78 is 27.0. The molecule has 2 rings (SSSR count). The third-order valence-corrected chi connectivity index (χ3v) is 6.00. The minimum absolute atomic E-state index is 0.130. The molecule has 0 aliphatic carbocycles. The first-order valence-corrected chi connectivity index (χ1v) is 8.96. The van der Waals surface area contributed by atoms with Gasteiger partial charge in [-0.2, -0.15) is 4.31 Å². The molecule has 126 valence electrons. The number of nitrogens with zero attached hydrogens (tertiary/aromatic N) is 1. The summed E-state index contributed by atoms with van der Waals surface area (Å²) >= 11 is 0. The lowest BCUT2D eigenvalue weighted by Crippen LogP contribution is -2.34. The van der Waals surface area contributed by atoms with Crippen LogP contribution in [0.3, 0.4) is 0 Å². The molecule has 1 aromatic carbocycles. The Morgan fingerprint density at radius 1 is 1.52 bits per heavy atom. The second-order valence-corrected chi connectivity index (χ2v) is 8.07. The quantitative estimate of drug-likeness (QED) is 0.756. The molecule has 0 aromatic heterocycles. The maximum Gasteiger partial charge on any atom is 0.251 e. The van der Waals surface area contributed by atoms with Crippen molar-refractivity contribution in [2.45, 2.75) is 18.2 Å². The Hall–Kier alpha value is -1.70. The molecule has 1 atom stereocenters. The van der Waals surface area contributed by atoms with Crippen LogP contribution in [0.5, 0.6) is 0 Å². The number of hydrogen-bond donors (Lipinski definition) is 2. The smallest absolute Gasteiger partial charge is 0.251 e. The Labute approximate surface area is 137 Å². The summed E-state index contributed by atoms with van der Waals surface area (Å²) in [6, 6.07) is 6.09. The summed E-state index contributed by atoms with van der Waals surface area (Å²) in [6.45, 7) is 7.14. The SMILES string of the molecule is C=CCNC(=O)c1cccc(S(=O)(=O)N2CCC(C)(CN)C2)c1. The zero-order valence-corrected chi connectivity index (χ0v) is 14.1. The van der Waals surface area contributed by atoms with Gasteiger partial charge in [0.05, 0.1) is 4.90 Å². The van der Waals surface area contributed by atoms with Gasteiger partial charge < -0.3 is 11.1 Å². The average Bonchev–Trinajstić information content (AvgIpc) is 2.96. The van der Waals surface area contributed by atoms with Crippen molar-refractivity contribution in [3.8, 4) is 0 Å². The van der Waals surface area contributed by atoms with Crippen LogP contribution in [0.15, 0.2) is 41.8 Å². The average molecular weight is 337 g/mol. The molecule has 1 aliphatic heterocycles. The van der Waals surface area contributed by atoms with Crippen LogP contribution in [0.2, 0.25) is 0 Å². The minimum Gasteiger partial charge on any atom is -0.349 e. The second-order valence-electron chi connectivity index (χ2n) is 6.13. The molecular formula is C16H23N3O3S. The summed E-state index contributed by atoms with van der Waals surface area (Å²) in [7, 11) is -3.62. The monoisotopic (exact) mass is 337 g/mol. The number of amides is 1. The van der Waals surface area contributed by atoms with E-state index < -0.39 is 10.0 Å². The fourth-order valence-electron chi connectivity index (χ4n) is 2.56. The first kappa shape index (κ1) is 17.7. The van der Waals surface area contributed by atoms with Crippen molar-refractivity contribution in [3.05, 3.63) is 42.5 Å². The highest BCUT2D eigenvalue weighted by molar-refractivity contribution is 7.89. The minimum atomic E-state index is -3.62. The van der Waals surface area contributed by atoms with E-state index >= 15 is 0 Å². The van der Waals surface area contributed by atoms with Gasteiger partial charge in [-0.1, -0.05) is 19.1 Å². The largest absolute Gasteiger partial charge is 0.349 e. The molecule has 1 aliphatic rings. The van der Waals surface area contributed by atoms with Gasteiger partial charge in [0, 0.05) is 25.2 Å². The summed E-state index contributed by atoms with van der Waals surface area (Å²) in [6.07, 6.45) is 2.30. The highest BCUT2D eigenvalue weighted by atomic mass is 32.2. The molecule has 0 spiro atoms. The lowest BCUT2D eigenvalue weighted by Gasteiger charge is -2.22.